The molecule has 0 saturated carbocycles. The SMILES string of the molecule is C#CCC(Cc1cnc2nc(N)nc(N)c2n1)(C(=O)OC)c1ccc(C(=O)OC)cc1. The Morgan fingerprint density at radius 1 is 1.10 bits per heavy atom. The smallest absolute Gasteiger partial charge is 0.337 e. The minimum atomic E-state index is -1.27. The summed E-state index contributed by atoms with van der Waals surface area (Å²) in [7, 11) is 2.56. The summed E-state index contributed by atoms with van der Waals surface area (Å²) < 4.78 is 9.80. The number of esters is 2. The normalized spacial score (nSPS) is 12.5. The van der Waals surface area contributed by atoms with Gasteiger partial charge in [-0.25, -0.2) is 14.8 Å². The van der Waals surface area contributed by atoms with Crippen molar-refractivity contribution in [3.63, 3.8) is 0 Å². The summed E-state index contributed by atoms with van der Waals surface area (Å²) in [6, 6.07) is 6.37. The number of nitrogens with two attached hydrogens (primary N) is 2. The first kappa shape index (κ1) is 21.4. The maximum Gasteiger partial charge on any atom is 0.337 e. The topological polar surface area (TPSA) is 156 Å². The van der Waals surface area contributed by atoms with Crippen LogP contribution in [0.3, 0.4) is 0 Å². The Morgan fingerprint density at radius 3 is 2.42 bits per heavy atom. The predicted octanol–water partition coefficient (Wildman–Crippen LogP) is 1.05. The van der Waals surface area contributed by atoms with E-state index in [-0.39, 0.29) is 35.8 Å². The van der Waals surface area contributed by atoms with Gasteiger partial charge in [0.05, 0.1) is 31.7 Å². The molecule has 0 aliphatic rings. The first-order valence-corrected chi connectivity index (χ1v) is 9.10. The number of nitrogen functional groups attached to an aromatic ring is 2. The Labute approximate surface area is 178 Å². The molecule has 3 aromatic rings. The summed E-state index contributed by atoms with van der Waals surface area (Å²) in [5.74, 6) is 1.54. The lowest BCUT2D eigenvalue weighted by molar-refractivity contribution is -0.147. The fourth-order valence-electron chi connectivity index (χ4n) is 3.32. The minimum Gasteiger partial charge on any atom is -0.468 e. The summed E-state index contributed by atoms with van der Waals surface area (Å²) in [5, 5.41) is 0. The van der Waals surface area contributed by atoms with E-state index in [2.05, 4.69) is 25.9 Å². The first-order chi connectivity index (χ1) is 14.8. The van der Waals surface area contributed by atoms with Gasteiger partial charge in [0.15, 0.2) is 17.0 Å². The molecule has 0 saturated heterocycles. The zero-order valence-electron chi connectivity index (χ0n) is 17.0. The molecule has 2 aromatic heterocycles. The number of hydrogen-bond donors (Lipinski definition) is 2. The van der Waals surface area contributed by atoms with Crippen molar-refractivity contribution in [1.82, 2.24) is 19.9 Å². The van der Waals surface area contributed by atoms with E-state index in [0.29, 0.717) is 16.8 Å². The van der Waals surface area contributed by atoms with Gasteiger partial charge in [-0.2, -0.15) is 9.97 Å². The van der Waals surface area contributed by atoms with Gasteiger partial charge in [0, 0.05) is 12.8 Å². The van der Waals surface area contributed by atoms with Crippen LogP contribution in [0, 0.1) is 12.3 Å². The predicted molar refractivity (Wildman–Crippen MR) is 113 cm³/mol. The average molecular weight is 420 g/mol. The van der Waals surface area contributed by atoms with Crippen molar-refractivity contribution in [3.8, 4) is 12.3 Å². The van der Waals surface area contributed by atoms with Crippen molar-refractivity contribution in [2.45, 2.75) is 18.3 Å². The molecule has 1 unspecified atom stereocenters. The van der Waals surface area contributed by atoms with Crippen molar-refractivity contribution < 1.29 is 19.1 Å². The van der Waals surface area contributed by atoms with Crippen LogP contribution in [0.5, 0.6) is 0 Å². The molecule has 31 heavy (non-hydrogen) atoms. The van der Waals surface area contributed by atoms with Gasteiger partial charge in [0.1, 0.15) is 5.41 Å². The Kier molecular flexibility index (Phi) is 5.97. The fraction of sp³-hybridized carbons (Fsp3) is 0.238. The second-order valence-electron chi connectivity index (χ2n) is 6.70. The molecule has 1 aromatic carbocycles. The molecule has 4 N–H and O–H groups in total. The van der Waals surface area contributed by atoms with Crippen molar-refractivity contribution in [2.75, 3.05) is 25.7 Å². The Balaban J connectivity index is 2.11. The highest BCUT2D eigenvalue weighted by molar-refractivity contribution is 5.90. The van der Waals surface area contributed by atoms with E-state index in [9.17, 15) is 9.59 Å². The Bertz CT molecular complexity index is 1190. The zero-order valence-corrected chi connectivity index (χ0v) is 17.0. The standard InChI is InChI=1S/C21H20N6O4/c1-4-9-21(19(29)31-3,13-7-5-12(6-8-13)18(28)30-2)10-14-11-24-17-15(25-14)16(22)26-20(23)27-17/h1,5-8,11H,9-10H2,2-3H3,(H4,22,23,24,26,27). The van der Waals surface area contributed by atoms with Crippen LogP contribution in [-0.2, 0) is 26.1 Å². The van der Waals surface area contributed by atoms with E-state index in [1.165, 1.54) is 20.4 Å². The van der Waals surface area contributed by atoms with E-state index in [1.807, 2.05) is 0 Å². The van der Waals surface area contributed by atoms with Crippen LogP contribution in [0.4, 0.5) is 11.8 Å². The van der Waals surface area contributed by atoms with Gasteiger partial charge in [-0.3, -0.25) is 4.79 Å². The molecule has 0 radical (unpaired) electrons. The number of anilines is 2. The van der Waals surface area contributed by atoms with Gasteiger partial charge >= 0.3 is 11.9 Å². The van der Waals surface area contributed by atoms with Crippen molar-refractivity contribution >= 4 is 34.9 Å². The molecule has 0 amide bonds. The number of terminal acetylenes is 1. The molecule has 0 spiro atoms. The van der Waals surface area contributed by atoms with Crippen LogP contribution < -0.4 is 11.5 Å². The second kappa shape index (κ2) is 8.62. The highest BCUT2D eigenvalue weighted by Crippen LogP contribution is 2.34. The number of methoxy groups -OCH3 is 2. The van der Waals surface area contributed by atoms with Crippen LogP contribution in [0.2, 0.25) is 0 Å². The first-order valence-electron chi connectivity index (χ1n) is 9.10. The molecule has 2 heterocycles. The van der Waals surface area contributed by atoms with Crippen LogP contribution in [0.25, 0.3) is 11.2 Å². The third kappa shape index (κ3) is 4.06. The maximum atomic E-state index is 13.0. The van der Waals surface area contributed by atoms with E-state index < -0.39 is 17.4 Å². The Morgan fingerprint density at radius 2 is 1.81 bits per heavy atom. The summed E-state index contributed by atoms with van der Waals surface area (Å²) in [5.41, 5.74) is 12.0. The Hall–Kier alpha value is -4.26. The molecule has 158 valence electrons. The lowest BCUT2D eigenvalue weighted by Crippen LogP contribution is -2.39. The zero-order chi connectivity index (χ0) is 22.6. The minimum absolute atomic E-state index is 0.0185. The third-order valence-electron chi connectivity index (χ3n) is 4.82. The number of carbonyl (C=O) groups excluding carboxylic acids is 2. The maximum absolute atomic E-state index is 13.0. The number of fused-ring (bicyclic) bond motifs is 1. The molecule has 0 bridgehead atoms. The second-order valence-corrected chi connectivity index (χ2v) is 6.70. The number of benzene rings is 1. The number of hydrogen-bond acceptors (Lipinski definition) is 10. The summed E-state index contributed by atoms with van der Waals surface area (Å²) in [6.07, 6.45) is 7.15. The van der Waals surface area contributed by atoms with Crippen LogP contribution >= 0.6 is 0 Å². The van der Waals surface area contributed by atoms with E-state index in [0.717, 1.165) is 0 Å². The molecule has 0 aliphatic carbocycles. The highest BCUT2D eigenvalue weighted by atomic mass is 16.5. The third-order valence-corrected chi connectivity index (χ3v) is 4.82. The molecular formula is C21H20N6O4. The van der Waals surface area contributed by atoms with Gasteiger partial charge in [0.25, 0.3) is 0 Å². The van der Waals surface area contributed by atoms with E-state index in [4.69, 9.17) is 27.4 Å². The molecule has 3 rings (SSSR count). The molecule has 0 fully saturated rings. The van der Waals surface area contributed by atoms with Crippen molar-refractivity contribution in [3.05, 3.63) is 47.3 Å². The molecule has 0 aliphatic heterocycles. The molecule has 1 atom stereocenters. The summed E-state index contributed by atoms with van der Waals surface area (Å²) in [6.45, 7) is 0. The van der Waals surface area contributed by atoms with Crippen LogP contribution in [0.1, 0.15) is 28.0 Å². The number of nitrogens with zero attached hydrogens (tertiary/aromatic N) is 4. The van der Waals surface area contributed by atoms with E-state index >= 15 is 0 Å². The summed E-state index contributed by atoms with van der Waals surface area (Å²) in [4.78, 5) is 41.3. The van der Waals surface area contributed by atoms with Crippen LogP contribution in [-0.4, -0.2) is 46.1 Å². The van der Waals surface area contributed by atoms with Gasteiger partial charge in [-0.15, -0.1) is 12.3 Å². The fourth-order valence-corrected chi connectivity index (χ4v) is 3.32. The lowest BCUT2D eigenvalue weighted by atomic mass is 9.74. The van der Waals surface area contributed by atoms with Crippen molar-refractivity contribution in [1.29, 1.82) is 0 Å². The number of carbonyl (C=O) groups is 2. The van der Waals surface area contributed by atoms with Gasteiger partial charge < -0.3 is 20.9 Å². The monoisotopic (exact) mass is 420 g/mol. The van der Waals surface area contributed by atoms with Crippen molar-refractivity contribution in [2.24, 2.45) is 0 Å². The molecular weight excluding hydrogens is 400 g/mol. The van der Waals surface area contributed by atoms with Crippen LogP contribution in [0.15, 0.2) is 30.5 Å². The summed E-state index contributed by atoms with van der Waals surface area (Å²) >= 11 is 0. The van der Waals surface area contributed by atoms with E-state index in [1.54, 1.807) is 24.3 Å². The molecule has 10 nitrogen and oxygen atoms in total. The highest BCUT2D eigenvalue weighted by Gasteiger charge is 2.42. The quantitative estimate of drug-likeness (QED) is 0.436. The van der Waals surface area contributed by atoms with Gasteiger partial charge in [-0.05, 0) is 17.7 Å². The number of aromatic nitrogens is 4. The van der Waals surface area contributed by atoms with Gasteiger partial charge in [0.2, 0.25) is 5.95 Å². The number of ether oxygens (including phenoxy) is 2. The molecule has 10 heteroatoms. The van der Waals surface area contributed by atoms with Gasteiger partial charge in [-0.1, -0.05) is 12.1 Å². The average Bonchev–Trinajstić information content (AvgIpc) is 2.78. The lowest BCUT2D eigenvalue weighted by Gasteiger charge is -2.29. The number of rotatable bonds is 6. The largest absolute Gasteiger partial charge is 0.468 e.